The van der Waals surface area contributed by atoms with Crippen molar-refractivity contribution in [2.45, 2.75) is 59.3 Å². The van der Waals surface area contributed by atoms with E-state index >= 15 is 0 Å². The zero-order valence-corrected chi connectivity index (χ0v) is 12.1. The molecule has 1 fully saturated rings. The quantitative estimate of drug-likeness (QED) is 0.596. The summed E-state index contributed by atoms with van der Waals surface area (Å²) in [6.07, 6.45) is 7.92. The van der Waals surface area contributed by atoms with Crippen molar-refractivity contribution in [3.8, 4) is 0 Å². The van der Waals surface area contributed by atoms with E-state index in [9.17, 15) is 0 Å². The first-order chi connectivity index (χ1) is 8.26. The summed E-state index contributed by atoms with van der Waals surface area (Å²) in [5, 5.41) is 3.52. The Balaban J connectivity index is 2.34. The van der Waals surface area contributed by atoms with E-state index in [-0.39, 0.29) is 0 Å². The van der Waals surface area contributed by atoms with Gasteiger partial charge in [0.25, 0.3) is 0 Å². The fraction of sp³-hybridized carbons (Fsp3) is 1.00. The van der Waals surface area contributed by atoms with Gasteiger partial charge >= 0.3 is 0 Å². The first kappa shape index (κ1) is 15.0. The molecule has 102 valence electrons. The van der Waals surface area contributed by atoms with Crippen LogP contribution in [0.15, 0.2) is 0 Å². The number of hydrogen-bond acceptors (Lipinski definition) is 2. The number of ether oxygens (including phenoxy) is 1. The third-order valence-corrected chi connectivity index (χ3v) is 4.02. The van der Waals surface area contributed by atoms with Gasteiger partial charge in [0.05, 0.1) is 6.61 Å². The van der Waals surface area contributed by atoms with E-state index in [4.69, 9.17) is 4.74 Å². The number of rotatable bonds is 11. The van der Waals surface area contributed by atoms with Gasteiger partial charge in [-0.3, -0.25) is 0 Å². The van der Waals surface area contributed by atoms with E-state index in [1.807, 2.05) is 0 Å². The monoisotopic (exact) mass is 241 g/mol. The van der Waals surface area contributed by atoms with E-state index in [1.165, 1.54) is 38.5 Å². The van der Waals surface area contributed by atoms with Crippen molar-refractivity contribution in [3.05, 3.63) is 0 Å². The lowest BCUT2D eigenvalue weighted by Crippen LogP contribution is -2.38. The van der Waals surface area contributed by atoms with Crippen molar-refractivity contribution in [3.63, 3.8) is 0 Å². The van der Waals surface area contributed by atoms with Crippen LogP contribution >= 0.6 is 0 Å². The smallest absolute Gasteiger partial charge is 0.0534 e. The lowest BCUT2D eigenvalue weighted by molar-refractivity contribution is 0.0287. The molecule has 0 radical (unpaired) electrons. The zero-order valence-electron chi connectivity index (χ0n) is 12.1. The topological polar surface area (TPSA) is 21.3 Å². The second-order valence-electron chi connectivity index (χ2n) is 5.70. The van der Waals surface area contributed by atoms with Gasteiger partial charge in [-0.1, -0.05) is 33.6 Å². The summed E-state index contributed by atoms with van der Waals surface area (Å²) in [5.74, 6) is 0.884. The molecular weight excluding hydrogens is 210 g/mol. The van der Waals surface area contributed by atoms with Crippen molar-refractivity contribution < 1.29 is 4.74 Å². The van der Waals surface area contributed by atoms with E-state index < -0.39 is 0 Å². The molecule has 1 saturated carbocycles. The largest absolute Gasteiger partial charge is 0.381 e. The molecule has 0 bridgehead atoms. The highest BCUT2D eigenvalue weighted by Gasteiger charge is 2.29. The normalized spacial score (nSPS) is 19.2. The summed E-state index contributed by atoms with van der Waals surface area (Å²) in [6, 6.07) is 0. The first-order valence-electron chi connectivity index (χ1n) is 7.54. The molecule has 2 nitrogen and oxygen atoms in total. The fourth-order valence-electron chi connectivity index (χ4n) is 2.28. The molecule has 0 heterocycles. The molecule has 1 atom stereocenters. The van der Waals surface area contributed by atoms with E-state index in [1.54, 1.807) is 0 Å². The molecule has 0 saturated heterocycles. The van der Waals surface area contributed by atoms with E-state index in [2.05, 4.69) is 26.1 Å². The van der Waals surface area contributed by atoms with Crippen LogP contribution < -0.4 is 5.32 Å². The van der Waals surface area contributed by atoms with Gasteiger partial charge in [-0.25, -0.2) is 0 Å². The third-order valence-electron chi connectivity index (χ3n) is 4.02. The number of hydrogen-bond donors (Lipinski definition) is 1. The average Bonchev–Trinajstić information content (AvgIpc) is 3.16. The van der Waals surface area contributed by atoms with Crippen molar-refractivity contribution in [2.75, 3.05) is 26.3 Å². The molecule has 0 amide bonds. The third kappa shape index (κ3) is 5.87. The van der Waals surface area contributed by atoms with Gasteiger partial charge in [-0.15, -0.1) is 0 Å². The summed E-state index contributed by atoms with van der Waals surface area (Å²) in [5.41, 5.74) is 0.376. The van der Waals surface area contributed by atoms with Crippen LogP contribution in [0.1, 0.15) is 59.3 Å². The molecular formula is C15H31NO. The molecule has 1 N–H and O–H groups in total. The Kier molecular flexibility index (Phi) is 7.14. The highest BCUT2D eigenvalue weighted by atomic mass is 16.5. The average molecular weight is 241 g/mol. The molecule has 2 heteroatoms. The molecule has 1 rings (SSSR count). The van der Waals surface area contributed by atoms with Gasteiger partial charge in [0.1, 0.15) is 0 Å². The van der Waals surface area contributed by atoms with Gasteiger partial charge in [-0.2, -0.15) is 0 Å². The second-order valence-corrected chi connectivity index (χ2v) is 5.70. The van der Waals surface area contributed by atoms with Gasteiger partial charge in [0.15, 0.2) is 0 Å². The fourth-order valence-corrected chi connectivity index (χ4v) is 2.28. The molecule has 1 unspecified atom stereocenters. The van der Waals surface area contributed by atoms with Crippen LogP contribution in [-0.2, 0) is 4.74 Å². The van der Waals surface area contributed by atoms with E-state index in [0.29, 0.717) is 5.41 Å². The first-order valence-corrected chi connectivity index (χ1v) is 7.54. The zero-order chi connectivity index (χ0) is 12.6. The molecule has 0 aromatic rings. The molecule has 0 aromatic heterocycles. The van der Waals surface area contributed by atoms with Crippen LogP contribution in [0, 0.1) is 11.3 Å². The molecule has 1 aliphatic rings. The van der Waals surface area contributed by atoms with Crippen LogP contribution in [0.2, 0.25) is 0 Å². The Bertz CT molecular complexity index is 181. The Labute approximate surface area is 108 Å². The molecule has 1 aliphatic carbocycles. The molecule has 0 aliphatic heterocycles. The highest BCUT2D eigenvalue weighted by molar-refractivity contribution is 4.81. The summed E-state index contributed by atoms with van der Waals surface area (Å²) in [6.45, 7) is 10.9. The minimum absolute atomic E-state index is 0.376. The molecule has 0 spiro atoms. The van der Waals surface area contributed by atoms with Crippen LogP contribution in [-0.4, -0.2) is 26.3 Å². The minimum atomic E-state index is 0.376. The SMILES string of the molecule is CCCCC(CC)(CNCC)COCC1CC1. The highest BCUT2D eigenvalue weighted by Crippen LogP contribution is 2.32. The Morgan fingerprint density at radius 2 is 2.00 bits per heavy atom. The maximum absolute atomic E-state index is 5.97. The van der Waals surface area contributed by atoms with Crippen LogP contribution in [0.3, 0.4) is 0 Å². The van der Waals surface area contributed by atoms with Crippen LogP contribution in [0.5, 0.6) is 0 Å². The van der Waals surface area contributed by atoms with Gasteiger partial charge in [0, 0.05) is 18.6 Å². The maximum atomic E-state index is 5.97. The summed E-state index contributed by atoms with van der Waals surface area (Å²) in [4.78, 5) is 0. The van der Waals surface area contributed by atoms with Crippen LogP contribution in [0.4, 0.5) is 0 Å². The van der Waals surface area contributed by atoms with Gasteiger partial charge < -0.3 is 10.1 Å². The van der Waals surface area contributed by atoms with Gasteiger partial charge in [-0.05, 0) is 38.1 Å². The number of nitrogens with one attached hydrogen (secondary N) is 1. The van der Waals surface area contributed by atoms with Crippen LogP contribution in [0.25, 0.3) is 0 Å². The van der Waals surface area contributed by atoms with E-state index in [0.717, 1.165) is 32.2 Å². The van der Waals surface area contributed by atoms with Crippen molar-refractivity contribution >= 4 is 0 Å². The lowest BCUT2D eigenvalue weighted by atomic mass is 9.81. The maximum Gasteiger partial charge on any atom is 0.0534 e. The molecule has 17 heavy (non-hydrogen) atoms. The Morgan fingerprint density at radius 3 is 2.53 bits per heavy atom. The Hall–Kier alpha value is -0.0800. The second kappa shape index (κ2) is 8.10. The summed E-state index contributed by atoms with van der Waals surface area (Å²) in [7, 11) is 0. The predicted molar refractivity (Wildman–Crippen MR) is 74.3 cm³/mol. The summed E-state index contributed by atoms with van der Waals surface area (Å²) >= 11 is 0. The van der Waals surface area contributed by atoms with Crippen molar-refractivity contribution in [1.29, 1.82) is 0 Å². The summed E-state index contributed by atoms with van der Waals surface area (Å²) < 4.78 is 5.97. The number of unbranched alkanes of at least 4 members (excludes halogenated alkanes) is 1. The standard InChI is InChI=1S/C15H31NO/c1-4-7-10-15(5-2,12-16-6-3)13-17-11-14-8-9-14/h14,16H,4-13H2,1-3H3. The molecule has 0 aromatic carbocycles. The van der Waals surface area contributed by atoms with Crippen molar-refractivity contribution in [2.24, 2.45) is 11.3 Å². The Morgan fingerprint density at radius 1 is 1.24 bits per heavy atom. The van der Waals surface area contributed by atoms with Crippen molar-refractivity contribution in [1.82, 2.24) is 5.32 Å². The van der Waals surface area contributed by atoms with Gasteiger partial charge in [0.2, 0.25) is 0 Å². The predicted octanol–water partition coefficient (Wildman–Crippen LogP) is 3.61. The minimum Gasteiger partial charge on any atom is -0.381 e. The lowest BCUT2D eigenvalue weighted by Gasteiger charge is -2.33.